The van der Waals surface area contributed by atoms with E-state index in [1.54, 1.807) is 74.8 Å². The molecule has 2 atom stereocenters. The largest absolute Gasteiger partial charge is 0.472 e. The Kier molecular flexibility index (Phi) is 7.13. The van der Waals surface area contributed by atoms with E-state index in [4.69, 9.17) is 4.74 Å². The number of halogens is 1. The lowest BCUT2D eigenvalue weighted by Gasteiger charge is -2.38. The Morgan fingerprint density at radius 3 is 2.40 bits per heavy atom. The van der Waals surface area contributed by atoms with Crippen molar-refractivity contribution in [2.24, 2.45) is 4.40 Å². The van der Waals surface area contributed by atoms with Gasteiger partial charge in [-0.15, -0.1) is 4.40 Å². The summed E-state index contributed by atoms with van der Waals surface area (Å²) >= 11 is 0. The van der Waals surface area contributed by atoms with Crippen LogP contribution in [0, 0.1) is 5.82 Å². The average molecular weight is 499 g/mol. The van der Waals surface area contributed by atoms with Crippen LogP contribution in [-0.2, 0) is 14.8 Å². The number of rotatable bonds is 8. The van der Waals surface area contributed by atoms with E-state index in [2.05, 4.69) is 19.7 Å². The molecule has 1 unspecified atom stereocenters. The maximum absolute atomic E-state index is 14.4. The lowest BCUT2D eigenvalue weighted by Crippen LogP contribution is -2.43. The summed E-state index contributed by atoms with van der Waals surface area (Å²) in [6, 6.07) is 14.8. The first-order valence-corrected chi connectivity index (χ1v) is 12.7. The zero-order chi connectivity index (χ0) is 25.1. The van der Waals surface area contributed by atoms with Gasteiger partial charge in [-0.2, -0.15) is 0 Å². The molecule has 2 aromatic carbocycles. The van der Waals surface area contributed by atoms with Gasteiger partial charge in [-0.05, 0) is 61.6 Å². The molecule has 184 valence electrons. The Hall–Kier alpha value is -3.37. The van der Waals surface area contributed by atoms with Crippen molar-refractivity contribution in [2.75, 3.05) is 11.9 Å². The maximum Gasteiger partial charge on any atom is 0.267 e. The van der Waals surface area contributed by atoms with Crippen molar-refractivity contribution >= 4 is 27.6 Å². The summed E-state index contributed by atoms with van der Waals surface area (Å²) in [5.74, 6) is -0.465. The fraction of sp³-hybridized carbons (Fsp3) is 0.320. The lowest BCUT2D eigenvalue weighted by molar-refractivity contribution is 0.0797. The second-order valence-corrected chi connectivity index (χ2v) is 10.5. The van der Waals surface area contributed by atoms with Crippen LogP contribution in [0.4, 0.5) is 16.0 Å². The van der Waals surface area contributed by atoms with E-state index in [0.29, 0.717) is 22.8 Å². The van der Waals surface area contributed by atoms with Gasteiger partial charge in [-0.3, -0.25) is 0 Å². The van der Waals surface area contributed by atoms with Gasteiger partial charge in [0.2, 0.25) is 11.8 Å². The van der Waals surface area contributed by atoms with Crippen LogP contribution in [0.25, 0.3) is 0 Å². The zero-order valence-corrected chi connectivity index (χ0v) is 20.2. The molecular formula is C25H27FN4O4S. The minimum absolute atomic E-state index is 0.00691. The van der Waals surface area contributed by atoms with E-state index >= 15 is 0 Å². The van der Waals surface area contributed by atoms with E-state index in [1.165, 1.54) is 6.07 Å². The van der Waals surface area contributed by atoms with E-state index in [0.717, 1.165) is 0 Å². The number of benzene rings is 2. The first-order valence-electron chi connectivity index (χ1n) is 11.2. The molecule has 0 spiro atoms. The average Bonchev–Trinajstić information content (AvgIpc) is 2.79. The van der Waals surface area contributed by atoms with E-state index in [9.17, 15) is 17.9 Å². The topological polar surface area (TPSA) is 114 Å². The predicted molar refractivity (Wildman–Crippen MR) is 131 cm³/mol. The van der Waals surface area contributed by atoms with Crippen LogP contribution < -0.4 is 5.32 Å². The second-order valence-electron chi connectivity index (χ2n) is 8.84. The molecule has 0 amide bonds. The van der Waals surface area contributed by atoms with Gasteiger partial charge in [0.25, 0.3) is 10.0 Å². The van der Waals surface area contributed by atoms with Crippen LogP contribution in [0.5, 0.6) is 0 Å². The normalized spacial score (nSPS) is 19.3. The minimum Gasteiger partial charge on any atom is -0.472 e. The van der Waals surface area contributed by atoms with Gasteiger partial charge in [-0.1, -0.05) is 30.3 Å². The first kappa shape index (κ1) is 24.7. The Labute approximate surface area is 204 Å². The molecule has 4 rings (SSSR count). The van der Waals surface area contributed by atoms with E-state index in [-0.39, 0.29) is 25.3 Å². The van der Waals surface area contributed by atoms with Crippen molar-refractivity contribution in [3.05, 3.63) is 83.9 Å². The van der Waals surface area contributed by atoms with Gasteiger partial charge < -0.3 is 15.2 Å². The highest BCUT2D eigenvalue weighted by molar-refractivity contribution is 7.90. The summed E-state index contributed by atoms with van der Waals surface area (Å²) < 4.78 is 51.0. The highest BCUT2D eigenvalue weighted by Crippen LogP contribution is 2.42. The Bertz CT molecular complexity index is 1300. The molecule has 1 aromatic heterocycles. The Morgan fingerprint density at radius 2 is 1.77 bits per heavy atom. The standard InChI is InChI=1S/C25H27FN4O4S/c1-25(2)23(17-8-10-19(11-9-17)29-24-27-13-5-14-28-24)35(32,33)30-22(34-25)16-18(12-15-31)20-6-3-4-7-21(20)26/h3-11,13-14,18,23,31H,12,15-16H2,1-2H3,(H,27,28,29)/t18-,23?/m1/s1. The molecule has 0 saturated heterocycles. The molecule has 1 aliphatic rings. The number of aromatic nitrogens is 2. The molecule has 3 aromatic rings. The van der Waals surface area contributed by atoms with Crippen LogP contribution in [0.1, 0.15) is 49.0 Å². The van der Waals surface area contributed by atoms with Crippen molar-refractivity contribution in [1.29, 1.82) is 0 Å². The molecule has 35 heavy (non-hydrogen) atoms. The monoisotopic (exact) mass is 498 g/mol. The number of nitrogens with zero attached hydrogens (tertiary/aromatic N) is 3. The molecule has 0 fully saturated rings. The van der Waals surface area contributed by atoms with E-state index < -0.39 is 32.6 Å². The molecule has 0 radical (unpaired) electrons. The van der Waals surface area contributed by atoms with Gasteiger partial charge >= 0.3 is 0 Å². The van der Waals surface area contributed by atoms with Crippen LogP contribution >= 0.6 is 0 Å². The van der Waals surface area contributed by atoms with Crippen LogP contribution in [0.3, 0.4) is 0 Å². The Morgan fingerprint density at radius 1 is 1.09 bits per heavy atom. The smallest absolute Gasteiger partial charge is 0.267 e. The van der Waals surface area contributed by atoms with Crippen molar-refractivity contribution in [3.63, 3.8) is 0 Å². The third-order valence-corrected chi connectivity index (χ3v) is 7.71. The number of sulfonamides is 1. The summed E-state index contributed by atoms with van der Waals surface area (Å²) in [6.45, 7) is 3.20. The highest BCUT2D eigenvalue weighted by atomic mass is 32.2. The van der Waals surface area contributed by atoms with Crippen molar-refractivity contribution in [3.8, 4) is 0 Å². The molecule has 0 saturated carbocycles. The Balaban J connectivity index is 1.58. The molecule has 1 aliphatic heterocycles. The third kappa shape index (κ3) is 5.66. The van der Waals surface area contributed by atoms with Crippen LogP contribution in [-0.4, -0.2) is 41.6 Å². The SMILES string of the molecule is CC1(C)OC(C[C@@H](CCO)c2ccccc2F)=NS(=O)(=O)C1c1ccc(Nc2ncccn2)cc1. The number of ether oxygens (including phenoxy) is 1. The molecule has 2 heterocycles. The highest BCUT2D eigenvalue weighted by Gasteiger charge is 2.47. The summed E-state index contributed by atoms with van der Waals surface area (Å²) in [4.78, 5) is 8.22. The van der Waals surface area contributed by atoms with Gasteiger partial charge in [0.15, 0.2) is 0 Å². The fourth-order valence-electron chi connectivity index (χ4n) is 4.36. The number of hydrogen-bond acceptors (Lipinski definition) is 7. The van der Waals surface area contributed by atoms with Gasteiger partial charge in [-0.25, -0.2) is 22.8 Å². The van der Waals surface area contributed by atoms with E-state index in [1.807, 2.05) is 0 Å². The fourth-order valence-corrected chi connectivity index (χ4v) is 6.12. The molecule has 10 heteroatoms. The zero-order valence-electron chi connectivity index (χ0n) is 19.4. The van der Waals surface area contributed by atoms with Gasteiger partial charge in [0.1, 0.15) is 16.7 Å². The lowest BCUT2D eigenvalue weighted by atomic mass is 9.91. The molecule has 0 bridgehead atoms. The van der Waals surface area contributed by atoms with Crippen molar-refractivity contribution in [1.82, 2.24) is 9.97 Å². The second kappa shape index (κ2) is 10.1. The maximum atomic E-state index is 14.4. The summed E-state index contributed by atoms with van der Waals surface area (Å²) in [5.41, 5.74) is 0.480. The van der Waals surface area contributed by atoms with Crippen molar-refractivity contribution in [2.45, 2.75) is 43.5 Å². The molecule has 0 aliphatic carbocycles. The van der Waals surface area contributed by atoms with Crippen LogP contribution in [0.15, 0.2) is 71.4 Å². The van der Waals surface area contributed by atoms with Crippen LogP contribution in [0.2, 0.25) is 0 Å². The number of hydrogen-bond donors (Lipinski definition) is 2. The minimum atomic E-state index is -4.00. The quantitative estimate of drug-likeness (QED) is 0.470. The van der Waals surface area contributed by atoms with Gasteiger partial charge in [0, 0.05) is 31.1 Å². The summed E-state index contributed by atoms with van der Waals surface area (Å²) in [6.07, 6.45) is 3.53. The number of aliphatic hydroxyl groups is 1. The molecular weight excluding hydrogens is 471 g/mol. The molecule has 2 N–H and O–H groups in total. The van der Waals surface area contributed by atoms with Gasteiger partial charge in [0.05, 0.1) is 0 Å². The third-order valence-electron chi connectivity index (χ3n) is 5.82. The summed E-state index contributed by atoms with van der Waals surface area (Å²) in [7, 11) is -4.00. The first-order chi connectivity index (χ1) is 16.7. The predicted octanol–water partition coefficient (Wildman–Crippen LogP) is 4.49. The number of anilines is 2. The number of aliphatic hydroxyl groups excluding tert-OH is 1. The number of nitrogens with one attached hydrogen (secondary N) is 1. The van der Waals surface area contributed by atoms with Crippen molar-refractivity contribution < 1.29 is 22.7 Å². The summed E-state index contributed by atoms with van der Waals surface area (Å²) in [5, 5.41) is 11.5. The molecule has 8 nitrogen and oxygen atoms in total.